The predicted molar refractivity (Wildman–Crippen MR) is 83.3 cm³/mol. The van der Waals surface area contributed by atoms with Gasteiger partial charge in [-0.2, -0.15) is 0 Å². The first-order chi connectivity index (χ1) is 9.78. The van der Waals surface area contributed by atoms with Crippen LogP contribution in [0.2, 0.25) is 0 Å². The Morgan fingerprint density at radius 2 is 2.10 bits per heavy atom. The average molecular weight is 331 g/mol. The number of aryl methyl sites for hydroxylation is 1. The highest BCUT2D eigenvalue weighted by molar-refractivity contribution is 9.08. The van der Waals surface area contributed by atoms with Crippen LogP contribution in [-0.4, -0.2) is 9.38 Å². The van der Waals surface area contributed by atoms with E-state index in [-0.39, 0.29) is 0 Å². The highest BCUT2D eigenvalue weighted by Crippen LogP contribution is 2.26. The third kappa shape index (κ3) is 2.56. The molecule has 20 heavy (non-hydrogen) atoms. The van der Waals surface area contributed by atoms with E-state index in [1.807, 2.05) is 41.1 Å². The number of hydrogen-bond donors (Lipinski definition) is 0. The van der Waals surface area contributed by atoms with Gasteiger partial charge in [0.15, 0.2) is 0 Å². The first-order valence-electron chi connectivity index (χ1n) is 6.48. The minimum absolute atomic E-state index is 0.479. The lowest BCUT2D eigenvalue weighted by atomic mass is 10.1. The van der Waals surface area contributed by atoms with Crippen LogP contribution < -0.4 is 4.74 Å². The predicted octanol–water partition coefficient (Wildman–Crippen LogP) is 4.12. The normalized spacial score (nSPS) is 10.9. The fourth-order valence-corrected chi connectivity index (χ4v) is 2.67. The highest BCUT2D eigenvalue weighted by atomic mass is 79.9. The van der Waals surface area contributed by atoms with Crippen molar-refractivity contribution >= 4 is 21.6 Å². The first kappa shape index (κ1) is 13.2. The first-order valence-corrected chi connectivity index (χ1v) is 7.60. The maximum atomic E-state index is 5.97. The fraction of sp³-hybridized carbons (Fsp3) is 0.188. The van der Waals surface area contributed by atoms with Gasteiger partial charge in [0.05, 0.1) is 5.69 Å². The topological polar surface area (TPSA) is 26.5 Å². The number of aromatic nitrogens is 2. The second kappa shape index (κ2) is 5.67. The van der Waals surface area contributed by atoms with Crippen LogP contribution in [0.5, 0.6) is 5.75 Å². The Bertz CT molecular complexity index is 703. The third-order valence-electron chi connectivity index (χ3n) is 3.22. The van der Waals surface area contributed by atoms with Gasteiger partial charge in [0, 0.05) is 23.3 Å². The molecule has 3 aromatic rings. The van der Waals surface area contributed by atoms with Crippen molar-refractivity contribution in [2.45, 2.75) is 18.9 Å². The summed E-state index contributed by atoms with van der Waals surface area (Å²) >= 11 is 3.50. The van der Waals surface area contributed by atoms with Crippen molar-refractivity contribution in [3.8, 4) is 5.75 Å². The molecule has 0 aliphatic heterocycles. The van der Waals surface area contributed by atoms with Gasteiger partial charge in [0.1, 0.15) is 18.0 Å². The molecule has 0 radical (unpaired) electrons. The van der Waals surface area contributed by atoms with Gasteiger partial charge in [-0.25, -0.2) is 4.98 Å². The number of imidazole rings is 1. The number of halogens is 1. The smallest absolute Gasteiger partial charge is 0.137 e. The van der Waals surface area contributed by atoms with Crippen molar-refractivity contribution in [3.63, 3.8) is 0 Å². The van der Waals surface area contributed by atoms with Gasteiger partial charge in [-0.1, -0.05) is 40.2 Å². The van der Waals surface area contributed by atoms with E-state index in [0.717, 1.165) is 33.5 Å². The van der Waals surface area contributed by atoms with Gasteiger partial charge < -0.3 is 9.14 Å². The number of fused-ring (bicyclic) bond motifs is 1. The van der Waals surface area contributed by atoms with Gasteiger partial charge in [-0.05, 0) is 24.6 Å². The third-order valence-corrected chi connectivity index (χ3v) is 3.82. The lowest BCUT2D eigenvalue weighted by Gasteiger charge is -2.11. The Labute approximate surface area is 126 Å². The quantitative estimate of drug-likeness (QED) is 0.673. The average Bonchev–Trinajstić information content (AvgIpc) is 2.88. The Kier molecular flexibility index (Phi) is 3.74. The van der Waals surface area contributed by atoms with Crippen molar-refractivity contribution in [3.05, 3.63) is 65.6 Å². The lowest BCUT2D eigenvalue weighted by Crippen LogP contribution is -2.00. The van der Waals surface area contributed by atoms with E-state index in [1.165, 1.54) is 0 Å². The summed E-state index contributed by atoms with van der Waals surface area (Å²) in [6.07, 6.45) is 3.99. The molecule has 0 unspecified atom stereocenters. The molecule has 0 amide bonds. The molecule has 3 nitrogen and oxygen atoms in total. The molecule has 0 aliphatic carbocycles. The molecule has 2 heterocycles. The van der Waals surface area contributed by atoms with Crippen molar-refractivity contribution in [2.75, 3.05) is 0 Å². The molecule has 0 bridgehead atoms. The molecule has 0 aliphatic rings. The Morgan fingerprint density at radius 1 is 1.20 bits per heavy atom. The van der Waals surface area contributed by atoms with Crippen molar-refractivity contribution in [1.82, 2.24) is 9.38 Å². The van der Waals surface area contributed by atoms with Crippen molar-refractivity contribution in [2.24, 2.45) is 0 Å². The maximum absolute atomic E-state index is 5.97. The molecule has 1 aromatic carbocycles. The van der Waals surface area contributed by atoms with Crippen LogP contribution in [0.15, 0.2) is 48.8 Å². The molecular formula is C16H15BrN2O. The van der Waals surface area contributed by atoms with Crippen LogP contribution in [0.25, 0.3) is 5.65 Å². The number of para-hydroxylation sites is 1. The van der Waals surface area contributed by atoms with Crippen molar-refractivity contribution < 1.29 is 4.74 Å². The number of pyridine rings is 1. The second-order valence-corrected chi connectivity index (χ2v) is 5.24. The van der Waals surface area contributed by atoms with E-state index in [9.17, 15) is 0 Å². The molecule has 0 spiro atoms. The van der Waals surface area contributed by atoms with Crippen LogP contribution >= 0.6 is 15.9 Å². The van der Waals surface area contributed by atoms with Gasteiger partial charge >= 0.3 is 0 Å². The van der Waals surface area contributed by atoms with Gasteiger partial charge in [-0.3, -0.25) is 0 Å². The van der Waals surface area contributed by atoms with Crippen LogP contribution in [-0.2, 0) is 11.9 Å². The van der Waals surface area contributed by atoms with Crippen LogP contribution in [0.1, 0.15) is 16.8 Å². The zero-order valence-corrected chi connectivity index (χ0v) is 12.8. The van der Waals surface area contributed by atoms with Gasteiger partial charge in [-0.15, -0.1) is 0 Å². The minimum Gasteiger partial charge on any atom is -0.487 e. The van der Waals surface area contributed by atoms with E-state index in [1.54, 1.807) is 0 Å². The number of benzene rings is 1. The van der Waals surface area contributed by atoms with E-state index in [4.69, 9.17) is 4.74 Å². The molecule has 102 valence electrons. The molecule has 4 heteroatoms. The summed E-state index contributed by atoms with van der Waals surface area (Å²) in [5, 5.41) is 0.787. The molecule has 0 atom stereocenters. The molecule has 0 saturated heterocycles. The number of alkyl halides is 1. The monoisotopic (exact) mass is 330 g/mol. The van der Waals surface area contributed by atoms with Crippen molar-refractivity contribution in [1.29, 1.82) is 0 Å². The van der Waals surface area contributed by atoms with E-state index < -0.39 is 0 Å². The van der Waals surface area contributed by atoms with Crippen LogP contribution in [0.4, 0.5) is 0 Å². The summed E-state index contributed by atoms with van der Waals surface area (Å²) < 4.78 is 7.97. The summed E-state index contributed by atoms with van der Waals surface area (Å²) in [6.45, 7) is 2.54. The zero-order chi connectivity index (χ0) is 13.9. The molecule has 3 rings (SSSR count). The SMILES string of the molecule is Cc1cccc(CBr)c1OCc1cn2ccccc2n1. The number of hydrogen-bond acceptors (Lipinski definition) is 2. The summed E-state index contributed by atoms with van der Waals surface area (Å²) in [4.78, 5) is 4.54. The summed E-state index contributed by atoms with van der Waals surface area (Å²) in [5.74, 6) is 0.946. The molecule has 0 saturated carbocycles. The Hall–Kier alpha value is -1.81. The summed E-state index contributed by atoms with van der Waals surface area (Å²) in [7, 11) is 0. The number of nitrogens with zero attached hydrogens (tertiary/aromatic N) is 2. The second-order valence-electron chi connectivity index (χ2n) is 4.68. The van der Waals surface area contributed by atoms with Gasteiger partial charge in [0.25, 0.3) is 0 Å². The zero-order valence-electron chi connectivity index (χ0n) is 11.2. The summed E-state index contributed by atoms with van der Waals surface area (Å²) in [5.41, 5.74) is 4.18. The number of rotatable bonds is 4. The molecule has 0 N–H and O–H groups in total. The number of ether oxygens (including phenoxy) is 1. The standard InChI is InChI=1S/C16H15BrN2O/c1-12-5-4-6-13(9-17)16(12)20-11-14-10-19-8-3-2-7-15(19)18-14/h2-8,10H,9,11H2,1H3. The molecule has 0 fully saturated rings. The Morgan fingerprint density at radius 3 is 2.90 bits per heavy atom. The lowest BCUT2D eigenvalue weighted by molar-refractivity contribution is 0.298. The van der Waals surface area contributed by atoms with E-state index in [2.05, 4.69) is 40.0 Å². The van der Waals surface area contributed by atoms with Crippen LogP contribution in [0, 0.1) is 6.92 Å². The van der Waals surface area contributed by atoms with E-state index >= 15 is 0 Å². The maximum Gasteiger partial charge on any atom is 0.137 e. The summed E-state index contributed by atoms with van der Waals surface area (Å²) in [6, 6.07) is 12.1. The van der Waals surface area contributed by atoms with E-state index in [0.29, 0.717) is 6.61 Å². The fourth-order valence-electron chi connectivity index (χ4n) is 2.23. The Balaban J connectivity index is 1.82. The largest absolute Gasteiger partial charge is 0.487 e. The molecular weight excluding hydrogens is 316 g/mol. The van der Waals surface area contributed by atoms with Gasteiger partial charge in [0.2, 0.25) is 0 Å². The van der Waals surface area contributed by atoms with Crippen LogP contribution in [0.3, 0.4) is 0 Å². The highest BCUT2D eigenvalue weighted by Gasteiger charge is 2.08. The molecule has 2 aromatic heterocycles. The minimum atomic E-state index is 0.479.